The third kappa shape index (κ3) is 3.96. The molecular weight excluding hydrogens is 286 g/mol. The van der Waals surface area contributed by atoms with Crippen LogP contribution in [-0.2, 0) is 11.3 Å². The highest BCUT2D eigenvalue weighted by Gasteiger charge is 2.29. The van der Waals surface area contributed by atoms with Gasteiger partial charge in [0.2, 0.25) is 5.91 Å². The number of hydrogen-bond acceptors (Lipinski definition) is 2. The first-order chi connectivity index (χ1) is 11.1. The van der Waals surface area contributed by atoms with Gasteiger partial charge in [0, 0.05) is 43.9 Å². The van der Waals surface area contributed by atoms with Crippen molar-refractivity contribution in [1.29, 1.82) is 0 Å². The van der Waals surface area contributed by atoms with Gasteiger partial charge in [0.15, 0.2) is 0 Å². The first-order valence-electron chi connectivity index (χ1n) is 9.45. The van der Waals surface area contributed by atoms with Crippen LogP contribution in [0.3, 0.4) is 0 Å². The summed E-state index contributed by atoms with van der Waals surface area (Å²) < 4.78 is 2.31. The van der Waals surface area contributed by atoms with E-state index in [1.807, 2.05) is 6.20 Å². The third-order valence-corrected chi connectivity index (χ3v) is 5.60. The van der Waals surface area contributed by atoms with Crippen LogP contribution >= 0.6 is 0 Å². The van der Waals surface area contributed by atoms with Crippen molar-refractivity contribution in [2.45, 2.75) is 71.3 Å². The zero-order chi connectivity index (χ0) is 16.2. The number of likely N-dealkylation sites (tertiary alicyclic amines) is 1. The van der Waals surface area contributed by atoms with Crippen molar-refractivity contribution in [2.24, 2.45) is 11.8 Å². The van der Waals surface area contributed by atoms with Gasteiger partial charge in [-0.05, 0) is 31.6 Å². The van der Waals surface area contributed by atoms with E-state index >= 15 is 0 Å². The van der Waals surface area contributed by atoms with Crippen LogP contribution in [0.5, 0.6) is 0 Å². The minimum atomic E-state index is 0.321. The van der Waals surface area contributed by atoms with E-state index in [1.165, 1.54) is 25.1 Å². The Hall–Kier alpha value is -1.32. The molecule has 2 fully saturated rings. The maximum atomic E-state index is 12.6. The van der Waals surface area contributed by atoms with Gasteiger partial charge in [-0.1, -0.05) is 33.1 Å². The summed E-state index contributed by atoms with van der Waals surface area (Å²) in [4.78, 5) is 19.3. The first kappa shape index (κ1) is 16.5. The van der Waals surface area contributed by atoms with Crippen molar-refractivity contribution in [3.8, 4) is 0 Å². The summed E-state index contributed by atoms with van der Waals surface area (Å²) in [6.45, 7) is 7.35. The molecule has 1 aromatic heterocycles. The summed E-state index contributed by atoms with van der Waals surface area (Å²) in [5.74, 6) is 3.09. The monoisotopic (exact) mass is 317 g/mol. The van der Waals surface area contributed by atoms with Crippen LogP contribution in [0, 0.1) is 11.8 Å². The smallest absolute Gasteiger partial charge is 0.225 e. The number of carbonyl (C=O) groups is 1. The van der Waals surface area contributed by atoms with Gasteiger partial charge in [0.05, 0.1) is 0 Å². The molecule has 23 heavy (non-hydrogen) atoms. The quantitative estimate of drug-likeness (QED) is 0.846. The fourth-order valence-electron chi connectivity index (χ4n) is 4.20. The number of imidazole rings is 1. The Balaban J connectivity index is 1.50. The number of carbonyl (C=O) groups excluding carboxylic acids is 1. The molecule has 1 saturated carbocycles. The predicted molar refractivity (Wildman–Crippen MR) is 92.2 cm³/mol. The molecule has 0 aromatic carbocycles. The number of amides is 1. The zero-order valence-electron chi connectivity index (χ0n) is 14.7. The molecule has 0 spiro atoms. The van der Waals surface area contributed by atoms with E-state index in [1.54, 1.807) is 0 Å². The Morgan fingerprint density at radius 2 is 1.87 bits per heavy atom. The van der Waals surface area contributed by atoms with Crippen LogP contribution in [0.4, 0.5) is 0 Å². The number of piperidine rings is 1. The van der Waals surface area contributed by atoms with Crippen molar-refractivity contribution in [2.75, 3.05) is 13.1 Å². The van der Waals surface area contributed by atoms with Crippen molar-refractivity contribution in [1.82, 2.24) is 14.5 Å². The molecule has 128 valence electrons. The van der Waals surface area contributed by atoms with E-state index in [0.717, 1.165) is 45.3 Å². The van der Waals surface area contributed by atoms with E-state index in [2.05, 4.69) is 34.5 Å². The van der Waals surface area contributed by atoms with Gasteiger partial charge in [-0.15, -0.1) is 0 Å². The average molecular weight is 317 g/mol. The lowest BCUT2D eigenvalue weighted by Crippen LogP contribution is -2.42. The van der Waals surface area contributed by atoms with Gasteiger partial charge >= 0.3 is 0 Å². The summed E-state index contributed by atoms with van der Waals surface area (Å²) in [6, 6.07) is 0. The van der Waals surface area contributed by atoms with Crippen molar-refractivity contribution < 1.29 is 4.79 Å². The topological polar surface area (TPSA) is 38.1 Å². The predicted octanol–water partition coefficient (Wildman–Crippen LogP) is 3.83. The maximum Gasteiger partial charge on any atom is 0.225 e. The molecular formula is C19H31N3O. The minimum Gasteiger partial charge on any atom is -0.342 e. The summed E-state index contributed by atoms with van der Waals surface area (Å²) >= 11 is 0. The number of hydrogen-bond donors (Lipinski definition) is 0. The molecule has 1 saturated heterocycles. The molecule has 1 amide bonds. The van der Waals surface area contributed by atoms with E-state index in [9.17, 15) is 4.79 Å². The molecule has 4 heteroatoms. The van der Waals surface area contributed by atoms with E-state index in [-0.39, 0.29) is 0 Å². The Labute approximate surface area is 140 Å². The molecule has 1 aliphatic heterocycles. The van der Waals surface area contributed by atoms with Crippen LogP contribution in [0.1, 0.15) is 70.5 Å². The van der Waals surface area contributed by atoms with Crippen LogP contribution in [-0.4, -0.2) is 33.4 Å². The van der Waals surface area contributed by atoms with Crippen LogP contribution < -0.4 is 0 Å². The Bertz CT molecular complexity index is 508. The summed E-state index contributed by atoms with van der Waals surface area (Å²) in [5, 5.41) is 0. The third-order valence-electron chi connectivity index (χ3n) is 5.60. The minimum absolute atomic E-state index is 0.321. The fourth-order valence-corrected chi connectivity index (χ4v) is 4.20. The zero-order valence-corrected chi connectivity index (χ0v) is 14.7. The SMILES string of the molecule is CC(C)c1nccn1CC1CCN(C(=O)C2CCCCC2)CC1. The molecule has 0 N–H and O–H groups in total. The number of rotatable bonds is 4. The van der Waals surface area contributed by atoms with Gasteiger partial charge in [-0.25, -0.2) is 4.98 Å². The summed E-state index contributed by atoms with van der Waals surface area (Å²) in [5.41, 5.74) is 0. The number of nitrogens with zero attached hydrogens (tertiary/aromatic N) is 3. The van der Waals surface area contributed by atoms with Gasteiger partial charge in [-0.2, -0.15) is 0 Å². The highest BCUT2D eigenvalue weighted by atomic mass is 16.2. The molecule has 2 aliphatic rings. The fraction of sp³-hybridized carbons (Fsp3) is 0.789. The van der Waals surface area contributed by atoms with Gasteiger partial charge in [-0.3, -0.25) is 4.79 Å². The Morgan fingerprint density at radius 1 is 1.17 bits per heavy atom. The van der Waals surface area contributed by atoms with Gasteiger partial charge in [0.25, 0.3) is 0 Å². The van der Waals surface area contributed by atoms with E-state index < -0.39 is 0 Å². The van der Waals surface area contributed by atoms with Crippen LogP contribution in [0.15, 0.2) is 12.4 Å². The van der Waals surface area contributed by atoms with E-state index in [0.29, 0.717) is 23.7 Å². The first-order valence-corrected chi connectivity index (χ1v) is 9.45. The Kier molecular flexibility index (Phi) is 5.39. The second-order valence-corrected chi connectivity index (χ2v) is 7.70. The lowest BCUT2D eigenvalue weighted by Gasteiger charge is -2.35. The van der Waals surface area contributed by atoms with E-state index in [4.69, 9.17) is 0 Å². The molecule has 2 heterocycles. The molecule has 0 unspecified atom stereocenters. The second kappa shape index (κ2) is 7.50. The second-order valence-electron chi connectivity index (χ2n) is 7.70. The largest absolute Gasteiger partial charge is 0.342 e. The molecule has 0 radical (unpaired) electrons. The van der Waals surface area contributed by atoms with Crippen LogP contribution in [0.2, 0.25) is 0 Å². The normalized spacial score (nSPS) is 21.1. The summed E-state index contributed by atoms with van der Waals surface area (Å²) in [7, 11) is 0. The molecule has 4 nitrogen and oxygen atoms in total. The van der Waals surface area contributed by atoms with Gasteiger partial charge in [0.1, 0.15) is 5.82 Å². The lowest BCUT2D eigenvalue weighted by molar-refractivity contribution is -0.138. The van der Waals surface area contributed by atoms with Crippen LogP contribution in [0.25, 0.3) is 0 Å². The molecule has 3 rings (SSSR count). The molecule has 1 aliphatic carbocycles. The number of aromatic nitrogens is 2. The molecule has 0 atom stereocenters. The van der Waals surface area contributed by atoms with Crippen molar-refractivity contribution in [3.63, 3.8) is 0 Å². The Morgan fingerprint density at radius 3 is 2.52 bits per heavy atom. The highest BCUT2D eigenvalue weighted by molar-refractivity contribution is 5.79. The standard InChI is InChI=1S/C19H31N3O/c1-15(2)18-20-10-13-22(18)14-16-8-11-21(12-9-16)19(23)17-6-4-3-5-7-17/h10,13,15-17H,3-9,11-12,14H2,1-2H3. The lowest BCUT2D eigenvalue weighted by atomic mass is 9.87. The average Bonchev–Trinajstić information content (AvgIpc) is 3.04. The molecule has 1 aromatic rings. The molecule has 0 bridgehead atoms. The van der Waals surface area contributed by atoms with Gasteiger partial charge < -0.3 is 9.47 Å². The highest BCUT2D eigenvalue weighted by Crippen LogP contribution is 2.28. The summed E-state index contributed by atoms with van der Waals surface area (Å²) in [6.07, 6.45) is 12.3. The maximum absolute atomic E-state index is 12.6. The van der Waals surface area contributed by atoms with Crippen molar-refractivity contribution in [3.05, 3.63) is 18.2 Å². The van der Waals surface area contributed by atoms with Crippen molar-refractivity contribution >= 4 is 5.91 Å².